The second-order valence-corrected chi connectivity index (χ2v) is 6.10. The Hall–Kier alpha value is -0.0900. The molecule has 1 aromatic rings. The minimum absolute atomic E-state index is 0.00380. The molecule has 2 N–H and O–H groups in total. The lowest BCUT2D eigenvalue weighted by molar-refractivity contribution is 0.0382. The minimum atomic E-state index is -0.0193. The molecule has 1 aromatic heterocycles. The van der Waals surface area contributed by atoms with Crippen molar-refractivity contribution in [3.8, 4) is 0 Å². The predicted molar refractivity (Wildman–Crippen MR) is 75.8 cm³/mol. The first-order valence-corrected chi connectivity index (χ1v) is 7.47. The van der Waals surface area contributed by atoms with Crippen molar-refractivity contribution in [1.29, 1.82) is 0 Å². The summed E-state index contributed by atoms with van der Waals surface area (Å²) in [4.78, 5) is 1.13. The van der Waals surface area contributed by atoms with Crippen molar-refractivity contribution in [2.24, 2.45) is 5.73 Å². The predicted octanol–water partition coefficient (Wildman–Crippen LogP) is 4.39. The smallest absolute Gasteiger partial charge is 0.106 e. The van der Waals surface area contributed by atoms with Gasteiger partial charge >= 0.3 is 0 Å². The van der Waals surface area contributed by atoms with Gasteiger partial charge in [-0.3, -0.25) is 0 Å². The van der Waals surface area contributed by atoms with Gasteiger partial charge in [0, 0.05) is 17.5 Å². The third-order valence-electron chi connectivity index (χ3n) is 2.65. The molecule has 0 bridgehead atoms. The molecule has 17 heavy (non-hydrogen) atoms. The van der Waals surface area contributed by atoms with Gasteiger partial charge in [0.15, 0.2) is 0 Å². The van der Waals surface area contributed by atoms with Gasteiger partial charge in [0.05, 0.1) is 4.34 Å². The van der Waals surface area contributed by atoms with E-state index in [1.54, 1.807) is 11.3 Å². The SMILES string of the molecule is CCCCCCOC(c1ccc(Cl)s1)C(C)N. The van der Waals surface area contributed by atoms with Gasteiger partial charge in [-0.25, -0.2) is 0 Å². The average molecular weight is 276 g/mol. The average Bonchev–Trinajstić information content (AvgIpc) is 2.69. The van der Waals surface area contributed by atoms with Crippen LogP contribution in [0.1, 0.15) is 50.5 Å². The maximum Gasteiger partial charge on any atom is 0.106 e. The number of hydrogen-bond donors (Lipinski definition) is 1. The van der Waals surface area contributed by atoms with E-state index >= 15 is 0 Å². The molecule has 98 valence electrons. The Balaban J connectivity index is 2.39. The van der Waals surface area contributed by atoms with E-state index in [4.69, 9.17) is 22.1 Å². The molecule has 1 heterocycles. The van der Waals surface area contributed by atoms with Crippen LogP contribution in [-0.2, 0) is 4.74 Å². The first-order valence-electron chi connectivity index (χ1n) is 6.27. The lowest BCUT2D eigenvalue weighted by Gasteiger charge is -2.20. The molecule has 2 atom stereocenters. The van der Waals surface area contributed by atoms with E-state index in [2.05, 4.69) is 6.92 Å². The number of hydrogen-bond acceptors (Lipinski definition) is 3. The normalized spacial score (nSPS) is 14.8. The van der Waals surface area contributed by atoms with E-state index < -0.39 is 0 Å². The summed E-state index contributed by atoms with van der Waals surface area (Å²) in [6.07, 6.45) is 4.84. The van der Waals surface area contributed by atoms with Gasteiger partial charge < -0.3 is 10.5 Å². The monoisotopic (exact) mass is 275 g/mol. The standard InChI is InChI=1S/C13H22ClNOS/c1-3-4-5-6-9-16-13(10(2)15)11-7-8-12(14)17-11/h7-8,10,13H,3-6,9,15H2,1-2H3. The molecule has 0 saturated carbocycles. The van der Waals surface area contributed by atoms with Crippen molar-refractivity contribution in [1.82, 2.24) is 0 Å². The number of nitrogens with two attached hydrogens (primary N) is 1. The largest absolute Gasteiger partial charge is 0.371 e. The molecule has 2 unspecified atom stereocenters. The highest BCUT2D eigenvalue weighted by molar-refractivity contribution is 7.16. The molecule has 0 fully saturated rings. The zero-order valence-corrected chi connectivity index (χ0v) is 12.2. The summed E-state index contributed by atoms with van der Waals surface area (Å²) in [5.74, 6) is 0. The topological polar surface area (TPSA) is 35.2 Å². The lowest BCUT2D eigenvalue weighted by atomic mass is 10.1. The van der Waals surface area contributed by atoms with Crippen LogP contribution in [-0.4, -0.2) is 12.6 Å². The zero-order chi connectivity index (χ0) is 12.7. The molecular weight excluding hydrogens is 254 g/mol. The number of rotatable bonds is 8. The number of ether oxygens (including phenoxy) is 1. The lowest BCUT2D eigenvalue weighted by Crippen LogP contribution is -2.26. The Labute approximate surface area is 113 Å². The minimum Gasteiger partial charge on any atom is -0.371 e. The Bertz CT molecular complexity index is 314. The van der Waals surface area contributed by atoms with Crippen LogP contribution in [0.15, 0.2) is 12.1 Å². The van der Waals surface area contributed by atoms with Crippen LogP contribution in [0.5, 0.6) is 0 Å². The van der Waals surface area contributed by atoms with Crippen LogP contribution in [0.25, 0.3) is 0 Å². The number of unbranched alkanes of at least 4 members (excludes halogenated alkanes) is 3. The second-order valence-electron chi connectivity index (χ2n) is 4.35. The summed E-state index contributed by atoms with van der Waals surface area (Å²) in [6, 6.07) is 3.90. The maximum atomic E-state index is 5.96. The molecule has 0 aliphatic rings. The van der Waals surface area contributed by atoms with Gasteiger partial charge in [-0.2, -0.15) is 0 Å². The molecule has 0 saturated heterocycles. The highest BCUT2D eigenvalue weighted by Gasteiger charge is 2.18. The van der Waals surface area contributed by atoms with Crippen molar-refractivity contribution in [2.45, 2.75) is 51.7 Å². The van der Waals surface area contributed by atoms with Gasteiger partial charge in [0.2, 0.25) is 0 Å². The third kappa shape index (κ3) is 5.38. The Morgan fingerprint density at radius 1 is 1.35 bits per heavy atom. The Morgan fingerprint density at radius 3 is 2.65 bits per heavy atom. The summed E-state index contributed by atoms with van der Waals surface area (Å²) in [5.41, 5.74) is 5.96. The Morgan fingerprint density at radius 2 is 2.12 bits per heavy atom. The molecule has 0 aliphatic heterocycles. The van der Waals surface area contributed by atoms with Crippen molar-refractivity contribution in [2.75, 3.05) is 6.61 Å². The summed E-state index contributed by atoms with van der Waals surface area (Å²) in [7, 11) is 0. The quantitative estimate of drug-likeness (QED) is 0.714. The Kier molecular flexibility index (Phi) is 7.12. The molecule has 1 rings (SSSR count). The fraction of sp³-hybridized carbons (Fsp3) is 0.692. The van der Waals surface area contributed by atoms with Gasteiger partial charge in [-0.1, -0.05) is 37.8 Å². The van der Waals surface area contributed by atoms with Gasteiger partial charge in [-0.15, -0.1) is 11.3 Å². The maximum absolute atomic E-state index is 5.96. The molecule has 0 amide bonds. The van der Waals surface area contributed by atoms with E-state index in [0.717, 1.165) is 22.2 Å². The molecule has 2 nitrogen and oxygen atoms in total. The molecular formula is C13H22ClNOS. The van der Waals surface area contributed by atoms with E-state index in [9.17, 15) is 0 Å². The summed E-state index contributed by atoms with van der Waals surface area (Å²) in [5, 5.41) is 0. The summed E-state index contributed by atoms with van der Waals surface area (Å²) < 4.78 is 6.67. The molecule has 0 radical (unpaired) electrons. The molecule has 0 spiro atoms. The first-order chi connectivity index (χ1) is 8.15. The molecule has 0 aliphatic carbocycles. The zero-order valence-electron chi connectivity index (χ0n) is 10.6. The number of halogens is 1. The van der Waals surface area contributed by atoms with Crippen LogP contribution < -0.4 is 5.73 Å². The number of thiophene rings is 1. The van der Waals surface area contributed by atoms with Gasteiger partial charge in [0.1, 0.15) is 6.10 Å². The van der Waals surface area contributed by atoms with Gasteiger partial charge in [-0.05, 0) is 25.5 Å². The van der Waals surface area contributed by atoms with Crippen LogP contribution in [0, 0.1) is 0 Å². The molecule has 4 heteroatoms. The van der Waals surface area contributed by atoms with Crippen LogP contribution in [0.4, 0.5) is 0 Å². The van der Waals surface area contributed by atoms with Crippen LogP contribution >= 0.6 is 22.9 Å². The van der Waals surface area contributed by atoms with Crippen molar-refractivity contribution < 1.29 is 4.74 Å². The summed E-state index contributed by atoms with van der Waals surface area (Å²) >= 11 is 7.49. The van der Waals surface area contributed by atoms with E-state index in [0.29, 0.717) is 0 Å². The second kappa shape index (κ2) is 8.09. The highest BCUT2D eigenvalue weighted by Crippen LogP contribution is 2.30. The van der Waals surface area contributed by atoms with E-state index in [-0.39, 0.29) is 12.1 Å². The molecule has 0 aromatic carbocycles. The fourth-order valence-electron chi connectivity index (χ4n) is 1.71. The third-order valence-corrected chi connectivity index (χ3v) is 3.94. The van der Waals surface area contributed by atoms with Crippen LogP contribution in [0.3, 0.4) is 0 Å². The summed E-state index contributed by atoms with van der Waals surface area (Å²) in [6.45, 7) is 4.96. The van der Waals surface area contributed by atoms with E-state index in [1.165, 1.54) is 19.3 Å². The van der Waals surface area contributed by atoms with Crippen molar-refractivity contribution >= 4 is 22.9 Å². The van der Waals surface area contributed by atoms with Crippen molar-refractivity contribution in [3.05, 3.63) is 21.3 Å². The highest BCUT2D eigenvalue weighted by atomic mass is 35.5. The van der Waals surface area contributed by atoms with Gasteiger partial charge in [0.25, 0.3) is 0 Å². The van der Waals surface area contributed by atoms with Crippen molar-refractivity contribution in [3.63, 3.8) is 0 Å². The van der Waals surface area contributed by atoms with E-state index in [1.807, 2.05) is 19.1 Å². The fourth-order valence-corrected chi connectivity index (χ4v) is 2.94. The van der Waals surface area contributed by atoms with Crippen LogP contribution in [0.2, 0.25) is 4.34 Å². The first kappa shape index (κ1) is 15.0.